The predicted molar refractivity (Wildman–Crippen MR) is 78.5 cm³/mol. The summed E-state index contributed by atoms with van der Waals surface area (Å²) in [6, 6.07) is 3.41. The summed E-state index contributed by atoms with van der Waals surface area (Å²) in [5.74, 6) is 1.69. The van der Waals surface area contributed by atoms with Crippen LogP contribution in [0.2, 0.25) is 5.02 Å². The highest BCUT2D eigenvalue weighted by Gasteiger charge is 2.15. The predicted octanol–water partition coefficient (Wildman–Crippen LogP) is 3.41. The molecule has 0 N–H and O–H groups in total. The lowest BCUT2D eigenvalue weighted by Crippen LogP contribution is -1.93. The van der Waals surface area contributed by atoms with Crippen LogP contribution in [0, 0.1) is 0 Å². The van der Waals surface area contributed by atoms with E-state index >= 15 is 0 Å². The van der Waals surface area contributed by atoms with Gasteiger partial charge in [-0.05, 0) is 19.1 Å². The van der Waals surface area contributed by atoms with Crippen molar-refractivity contribution in [2.45, 2.75) is 6.92 Å². The molecule has 0 amide bonds. The van der Waals surface area contributed by atoms with Crippen LogP contribution < -0.4 is 9.47 Å². The highest BCUT2D eigenvalue weighted by molar-refractivity contribution is 6.32. The van der Waals surface area contributed by atoms with Crippen molar-refractivity contribution in [3.63, 3.8) is 0 Å². The molecule has 0 radical (unpaired) electrons. The summed E-state index contributed by atoms with van der Waals surface area (Å²) in [5.41, 5.74) is 0.664. The summed E-state index contributed by atoms with van der Waals surface area (Å²) in [7, 11) is 3.05. The van der Waals surface area contributed by atoms with Gasteiger partial charge in [0.05, 0.1) is 32.1 Å². The van der Waals surface area contributed by atoms with Crippen LogP contribution in [0.15, 0.2) is 22.9 Å². The van der Waals surface area contributed by atoms with Gasteiger partial charge in [0.15, 0.2) is 11.5 Å². The van der Waals surface area contributed by atoms with E-state index in [0.29, 0.717) is 40.4 Å². The summed E-state index contributed by atoms with van der Waals surface area (Å²) >= 11 is 6.15. The lowest BCUT2D eigenvalue weighted by molar-refractivity contribution is 0.271. The van der Waals surface area contributed by atoms with Crippen LogP contribution >= 0.6 is 11.6 Å². The van der Waals surface area contributed by atoms with Gasteiger partial charge >= 0.3 is 0 Å². The highest BCUT2D eigenvalue weighted by Crippen LogP contribution is 2.38. The van der Waals surface area contributed by atoms with Gasteiger partial charge in [0, 0.05) is 11.6 Å². The third-order valence-corrected chi connectivity index (χ3v) is 2.89. The van der Waals surface area contributed by atoms with Gasteiger partial charge in [0.1, 0.15) is 0 Å². The Morgan fingerprint density at radius 1 is 1.29 bits per heavy atom. The fourth-order valence-corrected chi connectivity index (χ4v) is 1.96. The summed E-state index contributed by atoms with van der Waals surface area (Å²) in [5, 5.41) is 4.29. The zero-order chi connectivity index (χ0) is 15.2. The number of benzene rings is 1. The Labute approximate surface area is 127 Å². The molecule has 2 aromatic rings. The second kappa shape index (κ2) is 6.99. The van der Waals surface area contributed by atoms with E-state index in [9.17, 15) is 0 Å². The molecule has 1 aromatic heterocycles. The molecular formula is C14H15ClN2O4. The maximum absolute atomic E-state index is 6.15. The monoisotopic (exact) mass is 310 g/mol. The molecule has 0 bridgehead atoms. The van der Waals surface area contributed by atoms with Crippen LogP contribution in [0.3, 0.4) is 0 Å². The Hall–Kier alpha value is -2.21. The van der Waals surface area contributed by atoms with Crippen molar-refractivity contribution in [3.8, 4) is 22.9 Å². The first-order valence-corrected chi connectivity index (χ1v) is 6.61. The van der Waals surface area contributed by atoms with Crippen molar-refractivity contribution < 1.29 is 18.7 Å². The Morgan fingerprint density at radius 3 is 2.76 bits per heavy atom. The van der Waals surface area contributed by atoms with Crippen LogP contribution in [-0.2, 0) is 4.74 Å². The molecule has 0 unspecified atom stereocenters. The standard InChI is InChI=1S/C14H15ClN2O4/c1-4-20-6-5-12-16-14(17-21-12)9-7-10(15)13(19-3)11(8-9)18-2/h5-8H,4H2,1-3H3/b6-5+. The van der Waals surface area contributed by atoms with Crippen LogP contribution in [0.25, 0.3) is 17.5 Å². The number of aromatic nitrogens is 2. The molecule has 112 valence electrons. The fraction of sp³-hybridized carbons (Fsp3) is 0.286. The van der Waals surface area contributed by atoms with Crippen molar-refractivity contribution in [1.29, 1.82) is 0 Å². The van der Waals surface area contributed by atoms with Gasteiger partial charge in [0.25, 0.3) is 5.89 Å². The van der Waals surface area contributed by atoms with E-state index in [1.165, 1.54) is 20.5 Å². The summed E-state index contributed by atoms with van der Waals surface area (Å²) in [4.78, 5) is 4.22. The molecule has 7 heteroatoms. The number of nitrogens with zero attached hydrogens (tertiary/aromatic N) is 2. The van der Waals surface area contributed by atoms with Crippen molar-refractivity contribution >= 4 is 17.7 Å². The average Bonchev–Trinajstić information content (AvgIpc) is 2.95. The molecule has 1 heterocycles. The van der Waals surface area contributed by atoms with E-state index in [0.717, 1.165) is 0 Å². The largest absolute Gasteiger partial charge is 0.501 e. The minimum absolute atomic E-state index is 0.337. The number of methoxy groups -OCH3 is 2. The third-order valence-electron chi connectivity index (χ3n) is 2.61. The molecular weight excluding hydrogens is 296 g/mol. The van der Waals surface area contributed by atoms with Gasteiger partial charge in [-0.25, -0.2) is 0 Å². The van der Waals surface area contributed by atoms with Gasteiger partial charge < -0.3 is 18.7 Å². The van der Waals surface area contributed by atoms with E-state index in [1.807, 2.05) is 6.92 Å². The van der Waals surface area contributed by atoms with E-state index < -0.39 is 0 Å². The van der Waals surface area contributed by atoms with E-state index in [2.05, 4.69) is 10.1 Å². The first kappa shape index (κ1) is 15.2. The zero-order valence-electron chi connectivity index (χ0n) is 11.9. The first-order chi connectivity index (χ1) is 10.2. The molecule has 0 saturated carbocycles. The number of ether oxygens (including phenoxy) is 3. The van der Waals surface area contributed by atoms with Gasteiger partial charge in [-0.3, -0.25) is 0 Å². The normalized spacial score (nSPS) is 10.9. The molecule has 0 fully saturated rings. The van der Waals surface area contributed by atoms with Crippen LogP contribution in [0.4, 0.5) is 0 Å². The number of hydrogen-bond acceptors (Lipinski definition) is 6. The SMILES string of the molecule is CCO/C=C/c1nc(-c2cc(Cl)c(OC)c(OC)c2)no1. The summed E-state index contributed by atoms with van der Waals surface area (Å²) < 4.78 is 20.6. The van der Waals surface area contributed by atoms with Gasteiger partial charge in [0.2, 0.25) is 5.82 Å². The average molecular weight is 311 g/mol. The summed E-state index contributed by atoms with van der Waals surface area (Å²) in [6.45, 7) is 2.46. The lowest BCUT2D eigenvalue weighted by Gasteiger charge is -2.10. The maximum atomic E-state index is 6.15. The lowest BCUT2D eigenvalue weighted by atomic mass is 10.2. The second-order valence-electron chi connectivity index (χ2n) is 3.91. The van der Waals surface area contributed by atoms with Gasteiger partial charge in [-0.1, -0.05) is 16.8 Å². The number of halogens is 1. The quantitative estimate of drug-likeness (QED) is 0.762. The Balaban J connectivity index is 2.32. The van der Waals surface area contributed by atoms with Gasteiger partial charge in [-0.15, -0.1) is 0 Å². The third kappa shape index (κ3) is 3.46. The molecule has 1 aromatic carbocycles. The molecule has 6 nitrogen and oxygen atoms in total. The summed E-state index contributed by atoms with van der Waals surface area (Å²) in [6.07, 6.45) is 3.08. The van der Waals surface area contributed by atoms with Crippen LogP contribution in [-0.4, -0.2) is 31.0 Å². The van der Waals surface area contributed by atoms with Crippen molar-refractivity contribution in [2.75, 3.05) is 20.8 Å². The van der Waals surface area contributed by atoms with E-state index in [4.69, 9.17) is 30.3 Å². The van der Waals surface area contributed by atoms with Crippen molar-refractivity contribution in [1.82, 2.24) is 10.1 Å². The van der Waals surface area contributed by atoms with E-state index in [1.54, 1.807) is 18.2 Å². The molecule has 0 spiro atoms. The Morgan fingerprint density at radius 2 is 2.10 bits per heavy atom. The smallest absolute Gasteiger partial charge is 0.254 e. The second-order valence-corrected chi connectivity index (χ2v) is 4.32. The molecule has 0 aliphatic rings. The minimum Gasteiger partial charge on any atom is -0.501 e. The van der Waals surface area contributed by atoms with E-state index in [-0.39, 0.29) is 0 Å². The van der Waals surface area contributed by atoms with Crippen LogP contribution in [0.1, 0.15) is 12.8 Å². The molecule has 0 saturated heterocycles. The fourth-order valence-electron chi connectivity index (χ4n) is 1.67. The first-order valence-electron chi connectivity index (χ1n) is 6.23. The molecule has 21 heavy (non-hydrogen) atoms. The maximum Gasteiger partial charge on any atom is 0.254 e. The van der Waals surface area contributed by atoms with Gasteiger partial charge in [-0.2, -0.15) is 4.98 Å². The topological polar surface area (TPSA) is 66.6 Å². The van der Waals surface area contributed by atoms with Crippen molar-refractivity contribution in [3.05, 3.63) is 29.3 Å². The highest BCUT2D eigenvalue weighted by atomic mass is 35.5. The number of rotatable bonds is 6. The molecule has 0 atom stereocenters. The number of hydrogen-bond donors (Lipinski definition) is 0. The van der Waals surface area contributed by atoms with Crippen LogP contribution in [0.5, 0.6) is 11.5 Å². The molecule has 2 rings (SSSR count). The molecule has 0 aliphatic heterocycles. The van der Waals surface area contributed by atoms with Crippen molar-refractivity contribution in [2.24, 2.45) is 0 Å². The Bertz CT molecular complexity index is 640. The minimum atomic E-state index is 0.337. The molecule has 0 aliphatic carbocycles. The zero-order valence-corrected chi connectivity index (χ0v) is 12.7. The Kier molecular flexibility index (Phi) is 5.05.